The zero-order valence-electron chi connectivity index (χ0n) is 9.48. The zero-order chi connectivity index (χ0) is 10.8. The fourth-order valence-electron chi connectivity index (χ4n) is 1.33. The Hall–Kier alpha value is -0.386. The fourth-order valence-corrected chi connectivity index (χ4v) is 1.33. The van der Waals surface area contributed by atoms with Crippen LogP contribution in [0, 0.1) is 14.3 Å². The van der Waals surface area contributed by atoms with Gasteiger partial charge in [-0.25, -0.2) is 10.0 Å². The van der Waals surface area contributed by atoms with Crippen molar-refractivity contribution in [3.63, 3.8) is 0 Å². The fraction of sp³-hybridized carbons (Fsp3) is 0.273. The summed E-state index contributed by atoms with van der Waals surface area (Å²) >= 11 is 0. The summed E-state index contributed by atoms with van der Waals surface area (Å²) in [4.78, 5) is 23.5. The van der Waals surface area contributed by atoms with Gasteiger partial charge in [0.15, 0.2) is 0 Å². The third kappa shape index (κ3) is 4.07. The van der Waals surface area contributed by atoms with E-state index in [4.69, 9.17) is 4.84 Å². The molecule has 2 aromatic rings. The minimum atomic E-state index is -0.186. The molecule has 0 spiro atoms. The van der Waals surface area contributed by atoms with Crippen LogP contribution in [0.25, 0.3) is 11.0 Å². The average Bonchev–Trinajstić information content (AvgIpc) is 2.73. The molecule has 0 unspecified atom stereocenters. The molecule has 2 radical (unpaired) electrons. The predicted molar refractivity (Wildman–Crippen MR) is 61.9 cm³/mol. The Morgan fingerprint density at radius 3 is 2.72 bits per heavy atom. The number of fused-ring (bicyclic) bond motifs is 1. The Labute approximate surface area is 139 Å². The number of rotatable bonds is 2. The van der Waals surface area contributed by atoms with Crippen molar-refractivity contribution in [2.75, 3.05) is 14.2 Å². The molecule has 1 aromatic heterocycles. The van der Waals surface area contributed by atoms with Crippen molar-refractivity contribution in [3.8, 4) is 0 Å². The Morgan fingerprint density at radius 2 is 2.11 bits per heavy atom. The van der Waals surface area contributed by atoms with Gasteiger partial charge < -0.3 is 4.98 Å². The van der Waals surface area contributed by atoms with Crippen molar-refractivity contribution < 1.29 is 56.6 Å². The van der Waals surface area contributed by atoms with Crippen molar-refractivity contribution in [1.82, 2.24) is 15.0 Å². The molecule has 0 fully saturated rings. The van der Waals surface area contributed by atoms with Gasteiger partial charge in [0, 0.05) is 59.6 Å². The van der Waals surface area contributed by atoms with E-state index in [1.54, 1.807) is 31.6 Å². The molecule has 5 nitrogen and oxygen atoms in total. The Morgan fingerprint density at radius 1 is 1.44 bits per heavy atom. The number of amides is 1. The van der Waals surface area contributed by atoms with Gasteiger partial charge in [-0.3, -0.25) is 9.63 Å². The third-order valence-electron chi connectivity index (χ3n) is 2.23. The molecule has 0 saturated carbocycles. The Balaban J connectivity index is 0. The topological polar surface area (TPSA) is 58.2 Å². The number of hydroxylamine groups is 2. The molecule has 0 saturated heterocycles. The summed E-state index contributed by atoms with van der Waals surface area (Å²) in [5, 5.41) is 1.18. The molecular weight excluding hydrogens is 538 g/mol. The van der Waals surface area contributed by atoms with E-state index < -0.39 is 0 Å². The Bertz CT molecular complexity index is 504. The largest absolute Gasteiger partial charge is 0.345 e. The molecule has 1 amide bonds. The van der Waals surface area contributed by atoms with Crippen molar-refractivity contribution in [1.29, 1.82) is 0 Å². The minimum absolute atomic E-state index is 0. The van der Waals surface area contributed by atoms with Gasteiger partial charge >= 0.3 is 0 Å². The number of carbonyl (C=O) groups excluding carboxylic acids is 1. The van der Waals surface area contributed by atoms with Crippen LogP contribution in [0.15, 0.2) is 24.5 Å². The normalized spacial score (nSPS) is 8.78. The average molecular weight is 553 g/mol. The summed E-state index contributed by atoms with van der Waals surface area (Å²) in [6, 6.07) is 5.27. The van der Waals surface area contributed by atoms with Crippen LogP contribution in [0.2, 0.25) is 0 Å². The molecule has 1 N–H and O–H groups in total. The number of H-pyrrole nitrogens is 1. The molecule has 0 bridgehead atoms. The number of carbonyl (C=O) groups is 1. The standard InChI is InChI=1S/C10H11N3O2.CH4.Am.Y/c1-13(15-2)10(14)7-3-4-8-9(5-7)12-6-11-8;;;/h3-6H,1-2H3,(H,11,12);1H4;;. The summed E-state index contributed by atoms with van der Waals surface area (Å²) in [5.74, 6) is -0.186. The first kappa shape index (κ1) is 19.9. The van der Waals surface area contributed by atoms with Crippen LogP contribution in [-0.4, -0.2) is 35.1 Å². The van der Waals surface area contributed by atoms with Crippen molar-refractivity contribution in [3.05, 3.63) is 30.1 Å². The maximum absolute atomic E-state index is 11.7. The van der Waals surface area contributed by atoms with E-state index in [1.165, 1.54) is 12.2 Å². The van der Waals surface area contributed by atoms with E-state index >= 15 is 0 Å². The minimum Gasteiger partial charge on any atom is -0.345 e. The van der Waals surface area contributed by atoms with E-state index in [-0.39, 0.29) is 60.3 Å². The van der Waals surface area contributed by atoms with Crippen LogP contribution in [0.3, 0.4) is 0 Å². The van der Waals surface area contributed by atoms with Crippen molar-refractivity contribution >= 4 is 16.9 Å². The quantitative estimate of drug-likeness (QED) is 0.578. The maximum atomic E-state index is 11.7. The molecule has 1 aromatic carbocycles. The SMILES string of the molecule is C.CON(C)C(=O)c1ccc2nc[nH]c2c1.[Am].[Y]. The van der Waals surface area contributed by atoms with Crippen molar-refractivity contribution in [2.45, 2.75) is 7.43 Å². The van der Waals surface area contributed by atoms with E-state index in [9.17, 15) is 4.79 Å². The van der Waals surface area contributed by atoms with E-state index in [1.807, 2.05) is 0 Å². The Kier molecular flexibility index (Phi) is 9.61. The van der Waals surface area contributed by atoms with E-state index in [2.05, 4.69) is 9.97 Å². The van der Waals surface area contributed by atoms with Gasteiger partial charge in [0.05, 0.1) is 24.5 Å². The van der Waals surface area contributed by atoms with Gasteiger partial charge in [-0.1, -0.05) is 7.43 Å². The molecule has 1 heterocycles. The van der Waals surface area contributed by atoms with Crippen LogP contribution in [0.4, 0.5) is 0 Å². The second kappa shape index (κ2) is 8.67. The first-order valence-corrected chi connectivity index (χ1v) is 4.47. The maximum Gasteiger partial charge on any atom is 0.277 e. The van der Waals surface area contributed by atoms with Gasteiger partial charge in [0.2, 0.25) is 0 Å². The molecular formula is C11H15AmN3O2Y. The first-order chi connectivity index (χ1) is 7.22. The van der Waals surface area contributed by atoms with Gasteiger partial charge in [-0.2, -0.15) is 0 Å². The molecule has 18 heavy (non-hydrogen) atoms. The first-order valence-electron chi connectivity index (χ1n) is 4.47. The molecule has 0 aliphatic heterocycles. The predicted octanol–water partition coefficient (Wildman–Crippen LogP) is 1.83. The summed E-state index contributed by atoms with van der Waals surface area (Å²) < 4.78 is 0. The molecule has 96 valence electrons. The summed E-state index contributed by atoms with van der Waals surface area (Å²) in [5.41, 5.74) is 2.24. The summed E-state index contributed by atoms with van der Waals surface area (Å²) in [6.07, 6.45) is 1.60. The number of nitrogens with zero attached hydrogens (tertiary/aromatic N) is 2. The second-order valence-electron chi connectivity index (χ2n) is 3.12. The molecule has 0 aliphatic carbocycles. The monoisotopic (exact) mass is 551 g/mol. The van der Waals surface area contributed by atoms with Gasteiger partial charge in [0.1, 0.15) is 0 Å². The summed E-state index contributed by atoms with van der Waals surface area (Å²) in [7, 11) is 3.02. The van der Waals surface area contributed by atoms with Crippen LogP contribution in [0.5, 0.6) is 0 Å². The number of imidazole rings is 1. The van der Waals surface area contributed by atoms with E-state index in [0.717, 1.165) is 11.0 Å². The number of aromatic nitrogens is 2. The van der Waals surface area contributed by atoms with Crippen molar-refractivity contribution in [2.24, 2.45) is 0 Å². The molecule has 0 aliphatic rings. The van der Waals surface area contributed by atoms with Gasteiger partial charge in [-0.15, -0.1) is 0 Å². The number of hydrogen-bond donors (Lipinski definition) is 1. The zero-order valence-corrected chi connectivity index (χ0v) is 15.5. The van der Waals surface area contributed by atoms with Crippen LogP contribution in [0.1, 0.15) is 17.8 Å². The number of nitrogens with one attached hydrogen (secondary N) is 1. The number of aromatic amines is 1. The summed E-state index contributed by atoms with van der Waals surface area (Å²) in [6.45, 7) is 0. The molecule has 2 rings (SSSR count). The molecule has 0 atom stereocenters. The number of benzene rings is 1. The van der Waals surface area contributed by atoms with Gasteiger partial charge in [0.25, 0.3) is 5.91 Å². The smallest absolute Gasteiger partial charge is 0.277 e. The second-order valence-corrected chi connectivity index (χ2v) is 3.12. The van der Waals surface area contributed by atoms with E-state index in [0.29, 0.717) is 5.56 Å². The van der Waals surface area contributed by atoms with Crippen LogP contribution in [-0.2, 0) is 37.5 Å². The molecule has 7 heteroatoms. The van der Waals surface area contributed by atoms with Crippen LogP contribution < -0.4 is 0 Å². The number of hydrogen-bond acceptors (Lipinski definition) is 3. The van der Waals surface area contributed by atoms with Gasteiger partial charge in [-0.05, 0) is 18.2 Å². The van der Waals surface area contributed by atoms with Crippen LogP contribution >= 0.6 is 0 Å². The third-order valence-corrected chi connectivity index (χ3v) is 2.23.